The zero-order valence-electron chi connectivity index (χ0n) is 9.87. The standard InChI is InChI=1S/C12H24N2S/c1-11-4-2-5-12(11,10-13)14-6-3-8-15-9-7-14/h11H,2-10,13H2,1H3. The summed E-state index contributed by atoms with van der Waals surface area (Å²) in [5.41, 5.74) is 6.44. The molecule has 15 heavy (non-hydrogen) atoms. The molecule has 0 radical (unpaired) electrons. The van der Waals surface area contributed by atoms with Crippen LogP contribution in [0.1, 0.15) is 32.6 Å². The fourth-order valence-electron chi connectivity index (χ4n) is 3.32. The first-order valence-corrected chi connectivity index (χ1v) is 7.48. The molecule has 0 bridgehead atoms. The first kappa shape index (κ1) is 11.7. The fourth-order valence-corrected chi connectivity index (χ4v) is 4.21. The van der Waals surface area contributed by atoms with Gasteiger partial charge in [-0.2, -0.15) is 11.8 Å². The quantitative estimate of drug-likeness (QED) is 0.783. The highest BCUT2D eigenvalue weighted by molar-refractivity contribution is 7.99. The predicted octanol–water partition coefficient (Wildman–Crippen LogP) is 1.94. The van der Waals surface area contributed by atoms with Crippen molar-refractivity contribution in [2.24, 2.45) is 11.7 Å². The summed E-state index contributed by atoms with van der Waals surface area (Å²) in [7, 11) is 0. The molecule has 0 aromatic carbocycles. The SMILES string of the molecule is CC1CCCC1(CN)N1CCCSCC1. The second kappa shape index (κ2) is 5.07. The molecule has 2 fully saturated rings. The van der Waals surface area contributed by atoms with E-state index in [2.05, 4.69) is 23.6 Å². The van der Waals surface area contributed by atoms with Crippen LogP contribution in [0.25, 0.3) is 0 Å². The number of nitrogens with zero attached hydrogens (tertiary/aromatic N) is 1. The Kier molecular flexibility index (Phi) is 3.97. The minimum Gasteiger partial charge on any atom is -0.329 e. The summed E-state index contributed by atoms with van der Waals surface area (Å²) in [6.07, 6.45) is 5.43. The van der Waals surface area contributed by atoms with E-state index in [-0.39, 0.29) is 0 Å². The van der Waals surface area contributed by atoms with Crippen LogP contribution in [0.2, 0.25) is 0 Å². The van der Waals surface area contributed by atoms with Crippen LogP contribution in [0.15, 0.2) is 0 Å². The van der Waals surface area contributed by atoms with Crippen LogP contribution < -0.4 is 5.73 Å². The summed E-state index contributed by atoms with van der Waals surface area (Å²) < 4.78 is 0. The van der Waals surface area contributed by atoms with Gasteiger partial charge in [-0.05, 0) is 37.5 Å². The molecule has 2 aliphatic rings. The largest absolute Gasteiger partial charge is 0.329 e. The van der Waals surface area contributed by atoms with E-state index in [1.165, 1.54) is 50.3 Å². The molecule has 88 valence electrons. The second-order valence-electron chi connectivity index (χ2n) is 5.05. The average Bonchev–Trinajstić information content (AvgIpc) is 2.49. The Morgan fingerprint density at radius 3 is 2.87 bits per heavy atom. The van der Waals surface area contributed by atoms with E-state index in [0.717, 1.165) is 12.5 Å². The summed E-state index contributed by atoms with van der Waals surface area (Å²) in [4.78, 5) is 2.71. The molecule has 0 aromatic rings. The van der Waals surface area contributed by atoms with Crippen LogP contribution in [0.3, 0.4) is 0 Å². The maximum atomic E-state index is 6.09. The highest BCUT2D eigenvalue weighted by Gasteiger charge is 2.43. The number of hydrogen-bond acceptors (Lipinski definition) is 3. The number of rotatable bonds is 2. The first-order valence-electron chi connectivity index (χ1n) is 6.32. The Bertz CT molecular complexity index is 202. The van der Waals surface area contributed by atoms with Crippen molar-refractivity contribution < 1.29 is 0 Å². The Labute approximate surface area is 98.0 Å². The van der Waals surface area contributed by atoms with Crippen molar-refractivity contribution in [3.63, 3.8) is 0 Å². The second-order valence-corrected chi connectivity index (χ2v) is 6.28. The highest BCUT2D eigenvalue weighted by atomic mass is 32.2. The van der Waals surface area contributed by atoms with Gasteiger partial charge in [0.05, 0.1) is 0 Å². The highest BCUT2D eigenvalue weighted by Crippen LogP contribution is 2.40. The lowest BCUT2D eigenvalue weighted by molar-refractivity contribution is 0.0718. The smallest absolute Gasteiger partial charge is 0.0357 e. The normalized spacial score (nSPS) is 39.2. The van der Waals surface area contributed by atoms with Crippen molar-refractivity contribution in [1.29, 1.82) is 0 Å². The molecule has 1 aliphatic heterocycles. The van der Waals surface area contributed by atoms with Gasteiger partial charge in [-0.15, -0.1) is 0 Å². The molecule has 0 amide bonds. The Morgan fingerprint density at radius 2 is 2.20 bits per heavy atom. The third-order valence-electron chi connectivity index (χ3n) is 4.37. The molecule has 2 nitrogen and oxygen atoms in total. The molecule has 2 N–H and O–H groups in total. The van der Waals surface area contributed by atoms with Gasteiger partial charge in [0.2, 0.25) is 0 Å². The summed E-state index contributed by atoms with van der Waals surface area (Å²) >= 11 is 2.11. The monoisotopic (exact) mass is 228 g/mol. The lowest BCUT2D eigenvalue weighted by atomic mass is 9.86. The van der Waals surface area contributed by atoms with Crippen molar-refractivity contribution in [2.45, 2.75) is 38.1 Å². The van der Waals surface area contributed by atoms with Crippen LogP contribution in [0.5, 0.6) is 0 Å². The maximum Gasteiger partial charge on any atom is 0.0357 e. The third kappa shape index (κ3) is 2.20. The summed E-state index contributed by atoms with van der Waals surface area (Å²) in [6.45, 7) is 5.79. The van der Waals surface area contributed by atoms with E-state index in [9.17, 15) is 0 Å². The van der Waals surface area contributed by atoms with Crippen molar-refractivity contribution in [3.8, 4) is 0 Å². The van der Waals surface area contributed by atoms with Crippen molar-refractivity contribution >= 4 is 11.8 Å². The topological polar surface area (TPSA) is 29.3 Å². The molecule has 2 rings (SSSR count). The molecular formula is C12H24N2S. The molecule has 2 unspecified atom stereocenters. The van der Waals surface area contributed by atoms with Gasteiger partial charge in [0.25, 0.3) is 0 Å². The zero-order valence-corrected chi connectivity index (χ0v) is 10.7. The van der Waals surface area contributed by atoms with Gasteiger partial charge in [0, 0.05) is 24.4 Å². The third-order valence-corrected chi connectivity index (χ3v) is 5.42. The number of thioether (sulfide) groups is 1. The minimum atomic E-state index is 0.352. The average molecular weight is 228 g/mol. The van der Waals surface area contributed by atoms with Crippen molar-refractivity contribution in [2.75, 3.05) is 31.1 Å². The van der Waals surface area contributed by atoms with Gasteiger partial charge in [-0.25, -0.2) is 0 Å². The zero-order chi connectivity index (χ0) is 10.7. The molecule has 0 aromatic heterocycles. The molecule has 3 heteroatoms. The fraction of sp³-hybridized carbons (Fsp3) is 1.00. The molecule has 1 aliphatic carbocycles. The summed E-state index contributed by atoms with van der Waals surface area (Å²) in [5, 5.41) is 0. The van der Waals surface area contributed by atoms with Crippen LogP contribution in [-0.2, 0) is 0 Å². The van der Waals surface area contributed by atoms with E-state index < -0.39 is 0 Å². The molecular weight excluding hydrogens is 204 g/mol. The van der Waals surface area contributed by atoms with Crippen molar-refractivity contribution in [1.82, 2.24) is 4.90 Å². The van der Waals surface area contributed by atoms with Crippen LogP contribution in [-0.4, -0.2) is 41.6 Å². The first-order chi connectivity index (χ1) is 7.29. The summed E-state index contributed by atoms with van der Waals surface area (Å²) in [6, 6.07) is 0. The van der Waals surface area contributed by atoms with E-state index in [1.54, 1.807) is 0 Å². The number of nitrogens with two attached hydrogens (primary N) is 1. The van der Waals surface area contributed by atoms with Gasteiger partial charge < -0.3 is 5.73 Å². The lowest BCUT2D eigenvalue weighted by Crippen LogP contribution is -2.56. The van der Waals surface area contributed by atoms with Crippen LogP contribution in [0, 0.1) is 5.92 Å². The van der Waals surface area contributed by atoms with Crippen LogP contribution in [0.4, 0.5) is 0 Å². The van der Waals surface area contributed by atoms with E-state index in [4.69, 9.17) is 5.73 Å². The Balaban J connectivity index is 2.09. The Hall–Kier alpha value is 0.270. The van der Waals surface area contributed by atoms with E-state index >= 15 is 0 Å². The van der Waals surface area contributed by atoms with Gasteiger partial charge in [-0.3, -0.25) is 4.90 Å². The molecule has 2 atom stereocenters. The van der Waals surface area contributed by atoms with E-state index in [1.807, 2.05) is 0 Å². The molecule has 1 heterocycles. The van der Waals surface area contributed by atoms with Crippen molar-refractivity contribution in [3.05, 3.63) is 0 Å². The van der Waals surface area contributed by atoms with E-state index in [0.29, 0.717) is 5.54 Å². The predicted molar refractivity (Wildman–Crippen MR) is 68.3 cm³/mol. The van der Waals surface area contributed by atoms with Crippen LogP contribution >= 0.6 is 11.8 Å². The van der Waals surface area contributed by atoms with Gasteiger partial charge in [-0.1, -0.05) is 13.3 Å². The van der Waals surface area contributed by atoms with Gasteiger partial charge in [0.15, 0.2) is 0 Å². The van der Waals surface area contributed by atoms with Gasteiger partial charge >= 0.3 is 0 Å². The summed E-state index contributed by atoms with van der Waals surface area (Å²) in [5.74, 6) is 3.44. The number of hydrogen-bond donors (Lipinski definition) is 1. The minimum absolute atomic E-state index is 0.352. The Morgan fingerprint density at radius 1 is 1.33 bits per heavy atom. The maximum absolute atomic E-state index is 6.09. The molecule has 1 saturated heterocycles. The molecule has 1 saturated carbocycles. The lowest BCUT2D eigenvalue weighted by Gasteiger charge is -2.43. The molecule has 0 spiro atoms. The van der Waals surface area contributed by atoms with Gasteiger partial charge in [0.1, 0.15) is 0 Å².